The first-order valence-corrected chi connectivity index (χ1v) is 7.49. The van der Waals surface area contributed by atoms with Gasteiger partial charge in [0.1, 0.15) is 6.61 Å². The zero-order valence-corrected chi connectivity index (χ0v) is 14.0. The van der Waals surface area contributed by atoms with Crippen molar-refractivity contribution in [1.82, 2.24) is 0 Å². The van der Waals surface area contributed by atoms with Gasteiger partial charge in [0.15, 0.2) is 11.5 Å². The largest absolute Gasteiger partial charge is 0.490 e. The lowest BCUT2D eigenvalue weighted by atomic mass is 10.0. The molecule has 0 radical (unpaired) electrons. The molecule has 0 aliphatic carbocycles. The third-order valence-electron chi connectivity index (χ3n) is 3.35. The highest BCUT2D eigenvalue weighted by atomic mass is 35.5. The summed E-state index contributed by atoms with van der Waals surface area (Å²) in [4.78, 5) is 0. The molecule has 126 valence electrons. The summed E-state index contributed by atoms with van der Waals surface area (Å²) in [5.41, 5.74) is 7.89. The fourth-order valence-electron chi connectivity index (χ4n) is 2.16. The van der Waals surface area contributed by atoms with E-state index in [1.54, 1.807) is 0 Å². The van der Waals surface area contributed by atoms with Gasteiger partial charge >= 0.3 is 0 Å². The molecule has 2 aromatic rings. The molecule has 0 unspecified atom stereocenters. The van der Waals surface area contributed by atoms with Crippen molar-refractivity contribution in [2.24, 2.45) is 5.73 Å². The summed E-state index contributed by atoms with van der Waals surface area (Å²) in [6.07, 6.45) is 0.301. The van der Waals surface area contributed by atoms with Crippen molar-refractivity contribution in [2.45, 2.75) is 26.0 Å². The van der Waals surface area contributed by atoms with E-state index in [1.807, 2.05) is 55.5 Å². The quantitative estimate of drug-likeness (QED) is 0.773. The van der Waals surface area contributed by atoms with E-state index >= 15 is 0 Å². The molecule has 2 aromatic carbocycles. The van der Waals surface area contributed by atoms with Gasteiger partial charge < -0.3 is 15.2 Å². The summed E-state index contributed by atoms with van der Waals surface area (Å²) in [7, 11) is 0. The van der Waals surface area contributed by atoms with Gasteiger partial charge in [0.2, 0.25) is 0 Å². The minimum absolute atomic E-state index is 0. The van der Waals surface area contributed by atoms with Gasteiger partial charge in [-0.15, -0.1) is 12.4 Å². The summed E-state index contributed by atoms with van der Waals surface area (Å²) in [5.74, 6) is 1.31. The average molecular weight is 340 g/mol. The van der Waals surface area contributed by atoms with E-state index < -0.39 is 6.67 Å². The molecule has 0 bridgehead atoms. The Morgan fingerprint density at radius 2 is 1.78 bits per heavy atom. The lowest BCUT2D eigenvalue weighted by molar-refractivity contribution is 0.269. The van der Waals surface area contributed by atoms with Gasteiger partial charge in [-0.2, -0.15) is 0 Å². The zero-order valence-electron chi connectivity index (χ0n) is 13.2. The van der Waals surface area contributed by atoms with Crippen LogP contribution in [0.2, 0.25) is 0 Å². The summed E-state index contributed by atoms with van der Waals surface area (Å²) >= 11 is 0. The summed E-state index contributed by atoms with van der Waals surface area (Å²) in [6.45, 7) is 2.48. The Hall–Kier alpha value is -1.78. The number of benzene rings is 2. The van der Waals surface area contributed by atoms with E-state index in [9.17, 15) is 4.39 Å². The minimum Gasteiger partial charge on any atom is -0.490 e. The van der Waals surface area contributed by atoms with Crippen LogP contribution >= 0.6 is 12.4 Å². The molecule has 0 aliphatic rings. The van der Waals surface area contributed by atoms with E-state index in [2.05, 4.69) is 0 Å². The Labute approximate surface area is 143 Å². The minimum atomic E-state index is -0.433. The topological polar surface area (TPSA) is 44.5 Å². The third kappa shape index (κ3) is 5.73. The second kappa shape index (κ2) is 10.1. The molecule has 0 aromatic heterocycles. The second-order valence-corrected chi connectivity index (χ2v) is 5.00. The number of hydrogen-bond acceptors (Lipinski definition) is 3. The molecule has 0 amide bonds. The van der Waals surface area contributed by atoms with E-state index in [1.165, 1.54) is 0 Å². The lowest BCUT2D eigenvalue weighted by Gasteiger charge is -2.16. The van der Waals surface area contributed by atoms with Crippen molar-refractivity contribution in [3.05, 3.63) is 59.7 Å². The fourth-order valence-corrected chi connectivity index (χ4v) is 2.16. The molecule has 0 fully saturated rings. The Bertz CT molecular complexity index is 580. The number of halogens is 2. The van der Waals surface area contributed by atoms with Crippen molar-refractivity contribution in [2.75, 3.05) is 13.3 Å². The van der Waals surface area contributed by atoms with Gasteiger partial charge in [0.25, 0.3) is 0 Å². The first-order chi connectivity index (χ1) is 10.7. The molecule has 0 aliphatic heterocycles. The third-order valence-corrected chi connectivity index (χ3v) is 3.35. The van der Waals surface area contributed by atoms with E-state index in [4.69, 9.17) is 15.2 Å². The average Bonchev–Trinajstić information content (AvgIpc) is 2.55. The zero-order chi connectivity index (χ0) is 15.8. The van der Waals surface area contributed by atoms with Crippen molar-refractivity contribution >= 4 is 12.4 Å². The smallest absolute Gasteiger partial charge is 0.161 e. The van der Waals surface area contributed by atoms with E-state index in [0.717, 1.165) is 11.1 Å². The first-order valence-electron chi connectivity index (χ1n) is 7.49. The maximum absolute atomic E-state index is 12.4. The fraction of sp³-hybridized carbons (Fsp3) is 0.333. The van der Waals surface area contributed by atoms with Crippen LogP contribution in [0.5, 0.6) is 11.5 Å². The summed E-state index contributed by atoms with van der Waals surface area (Å²) in [6, 6.07) is 15.1. The van der Waals surface area contributed by atoms with Crippen LogP contribution in [0.4, 0.5) is 4.39 Å². The van der Waals surface area contributed by atoms with Crippen LogP contribution in [0.25, 0.3) is 0 Å². The molecule has 0 saturated heterocycles. The highest BCUT2D eigenvalue weighted by molar-refractivity contribution is 5.85. The molecule has 0 heterocycles. The maximum Gasteiger partial charge on any atom is 0.161 e. The van der Waals surface area contributed by atoms with Crippen molar-refractivity contribution in [3.63, 3.8) is 0 Å². The molecule has 1 atom stereocenters. The molecule has 3 nitrogen and oxygen atoms in total. The maximum atomic E-state index is 12.4. The normalized spacial score (nSPS) is 11.4. The van der Waals surface area contributed by atoms with Crippen LogP contribution in [0.1, 0.15) is 30.5 Å². The summed E-state index contributed by atoms with van der Waals surface area (Å²) < 4.78 is 23.9. The van der Waals surface area contributed by atoms with Crippen LogP contribution in [0.3, 0.4) is 0 Å². The van der Waals surface area contributed by atoms with E-state index in [0.29, 0.717) is 31.1 Å². The monoisotopic (exact) mass is 339 g/mol. The Morgan fingerprint density at radius 3 is 2.43 bits per heavy atom. The number of rotatable bonds is 8. The highest BCUT2D eigenvalue weighted by Crippen LogP contribution is 2.31. The van der Waals surface area contributed by atoms with Crippen molar-refractivity contribution < 1.29 is 13.9 Å². The van der Waals surface area contributed by atoms with Gasteiger partial charge in [-0.05, 0) is 36.6 Å². The predicted molar refractivity (Wildman–Crippen MR) is 93.2 cm³/mol. The van der Waals surface area contributed by atoms with Gasteiger partial charge in [-0.3, -0.25) is 4.39 Å². The standard InChI is InChI=1S/C18H22FNO2.ClH/c1-2-21-18-12-15(16(20)10-11-19)8-9-17(18)22-13-14-6-4-3-5-7-14;/h3-9,12,16H,2,10-11,13,20H2,1H3;1H/t16-;/m1./s1. The van der Waals surface area contributed by atoms with Gasteiger partial charge in [0, 0.05) is 6.04 Å². The number of ether oxygens (including phenoxy) is 2. The van der Waals surface area contributed by atoms with Crippen LogP contribution in [0, 0.1) is 0 Å². The molecule has 0 spiro atoms. The Morgan fingerprint density at radius 1 is 1.04 bits per heavy atom. The van der Waals surface area contributed by atoms with Gasteiger partial charge in [0.05, 0.1) is 13.3 Å². The van der Waals surface area contributed by atoms with Crippen molar-refractivity contribution in [1.29, 1.82) is 0 Å². The van der Waals surface area contributed by atoms with Crippen LogP contribution in [-0.4, -0.2) is 13.3 Å². The van der Waals surface area contributed by atoms with Gasteiger partial charge in [-0.1, -0.05) is 36.4 Å². The first kappa shape index (κ1) is 19.3. The Kier molecular flexibility index (Phi) is 8.45. The number of nitrogens with two attached hydrogens (primary N) is 1. The van der Waals surface area contributed by atoms with E-state index in [-0.39, 0.29) is 18.4 Å². The number of alkyl halides is 1. The van der Waals surface area contributed by atoms with Crippen LogP contribution in [0.15, 0.2) is 48.5 Å². The molecule has 0 saturated carbocycles. The number of hydrogen-bond donors (Lipinski definition) is 1. The molecular formula is C18H23ClFNO2. The van der Waals surface area contributed by atoms with Crippen molar-refractivity contribution in [3.8, 4) is 11.5 Å². The molecule has 2 N–H and O–H groups in total. The lowest BCUT2D eigenvalue weighted by Crippen LogP contribution is -2.11. The predicted octanol–water partition coefficient (Wildman–Crippen LogP) is 4.45. The SMILES string of the molecule is CCOc1cc([C@H](N)CCF)ccc1OCc1ccccc1.Cl. The summed E-state index contributed by atoms with van der Waals surface area (Å²) in [5, 5.41) is 0. The molecule has 2 rings (SSSR count). The highest BCUT2D eigenvalue weighted by Gasteiger charge is 2.11. The molecular weight excluding hydrogens is 317 g/mol. The van der Waals surface area contributed by atoms with Crippen LogP contribution in [-0.2, 0) is 6.61 Å². The van der Waals surface area contributed by atoms with Gasteiger partial charge in [-0.25, -0.2) is 0 Å². The molecule has 23 heavy (non-hydrogen) atoms. The Balaban J connectivity index is 0.00000264. The van der Waals surface area contributed by atoms with Crippen LogP contribution < -0.4 is 15.2 Å². The molecule has 5 heteroatoms. The second-order valence-electron chi connectivity index (χ2n) is 5.00.